The second-order valence-corrected chi connectivity index (χ2v) is 5.65. The Labute approximate surface area is 134 Å². The number of hydrogen-bond donors (Lipinski definition) is 2. The Morgan fingerprint density at radius 3 is 2.45 bits per heavy atom. The third kappa shape index (κ3) is 15.3. The maximum absolute atomic E-state index is 10.3. The molecule has 4 nitrogen and oxygen atoms in total. The van der Waals surface area contributed by atoms with E-state index in [2.05, 4.69) is 17.9 Å². The van der Waals surface area contributed by atoms with Gasteiger partial charge in [-0.15, -0.1) is 0 Å². The molecule has 4 heteroatoms. The van der Waals surface area contributed by atoms with Crippen molar-refractivity contribution in [2.45, 2.75) is 83.7 Å². The summed E-state index contributed by atoms with van der Waals surface area (Å²) in [5, 5.41) is 17.3. The minimum Gasteiger partial charge on any atom is -0.481 e. The van der Waals surface area contributed by atoms with Gasteiger partial charge in [-0.2, -0.15) is 0 Å². The van der Waals surface area contributed by atoms with Crippen LogP contribution < -0.4 is 0 Å². The predicted molar refractivity (Wildman–Crippen MR) is 89.9 cm³/mol. The second kappa shape index (κ2) is 16.2. The van der Waals surface area contributed by atoms with Crippen LogP contribution in [0.1, 0.15) is 77.6 Å². The number of allylic oxidation sites excluding steroid dienone is 3. The van der Waals surface area contributed by atoms with Crippen LogP contribution in [-0.4, -0.2) is 22.4 Å². The molecule has 22 heavy (non-hydrogen) atoms. The lowest BCUT2D eigenvalue weighted by atomic mass is 10.1. The van der Waals surface area contributed by atoms with Crippen molar-refractivity contribution in [1.82, 2.24) is 0 Å². The third-order valence-electron chi connectivity index (χ3n) is 3.56. The molecule has 1 atom stereocenters. The number of carbonyl (C=O) groups is 1. The van der Waals surface area contributed by atoms with Crippen molar-refractivity contribution in [3.05, 3.63) is 24.3 Å². The molecule has 0 aliphatic carbocycles. The van der Waals surface area contributed by atoms with Gasteiger partial charge in [0.2, 0.25) is 0 Å². The van der Waals surface area contributed by atoms with E-state index in [0.29, 0.717) is 0 Å². The van der Waals surface area contributed by atoms with E-state index in [0.717, 1.165) is 64.2 Å². The van der Waals surface area contributed by atoms with Crippen molar-refractivity contribution >= 4 is 5.97 Å². The van der Waals surface area contributed by atoms with Crippen LogP contribution in [0.5, 0.6) is 0 Å². The van der Waals surface area contributed by atoms with Gasteiger partial charge in [-0.3, -0.25) is 10.1 Å². The van der Waals surface area contributed by atoms with E-state index in [9.17, 15) is 4.79 Å². The number of carboxylic acid groups (broad SMARTS) is 1. The van der Waals surface area contributed by atoms with Crippen molar-refractivity contribution in [2.75, 3.05) is 0 Å². The van der Waals surface area contributed by atoms with Crippen molar-refractivity contribution in [3.63, 3.8) is 0 Å². The third-order valence-corrected chi connectivity index (χ3v) is 3.56. The van der Waals surface area contributed by atoms with E-state index in [4.69, 9.17) is 10.4 Å². The zero-order valence-electron chi connectivity index (χ0n) is 13.9. The zero-order chi connectivity index (χ0) is 16.5. The van der Waals surface area contributed by atoms with Crippen LogP contribution in [0, 0.1) is 0 Å². The highest BCUT2D eigenvalue weighted by molar-refractivity contribution is 5.66. The Hall–Kier alpha value is -1.13. The lowest BCUT2D eigenvalue weighted by molar-refractivity contribution is -0.267. The van der Waals surface area contributed by atoms with Gasteiger partial charge < -0.3 is 5.11 Å². The number of carboxylic acids is 1. The molecular formula is C18H32O4. The molecule has 0 aromatic rings. The molecule has 0 saturated heterocycles. The Kier molecular flexibility index (Phi) is 15.4. The molecule has 0 aromatic carbocycles. The molecule has 0 aliphatic rings. The summed E-state index contributed by atoms with van der Waals surface area (Å²) >= 11 is 0. The van der Waals surface area contributed by atoms with Crippen molar-refractivity contribution < 1.29 is 20.0 Å². The fourth-order valence-corrected chi connectivity index (χ4v) is 2.21. The first-order valence-electron chi connectivity index (χ1n) is 8.56. The van der Waals surface area contributed by atoms with Gasteiger partial charge in [-0.25, -0.2) is 4.89 Å². The summed E-state index contributed by atoms with van der Waals surface area (Å²) in [7, 11) is 0. The van der Waals surface area contributed by atoms with E-state index in [-0.39, 0.29) is 12.5 Å². The molecular weight excluding hydrogens is 280 g/mol. The molecule has 0 amide bonds. The maximum Gasteiger partial charge on any atom is 0.303 e. The minimum atomic E-state index is -0.699. The molecule has 0 rings (SSSR count). The van der Waals surface area contributed by atoms with E-state index >= 15 is 0 Å². The molecule has 0 aromatic heterocycles. The summed E-state index contributed by atoms with van der Waals surface area (Å²) in [6.45, 7) is 2.15. The molecule has 2 N–H and O–H groups in total. The highest BCUT2D eigenvalue weighted by atomic mass is 17.1. The molecule has 0 saturated carbocycles. The van der Waals surface area contributed by atoms with Gasteiger partial charge in [-0.1, -0.05) is 69.8 Å². The van der Waals surface area contributed by atoms with E-state index in [1.807, 2.05) is 18.2 Å². The lowest BCUT2D eigenvalue weighted by Gasteiger charge is -2.07. The molecule has 128 valence electrons. The van der Waals surface area contributed by atoms with Gasteiger partial charge in [0, 0.05) is 6.42 Å². The van der Waals surface area contributed by atoms with Gasteiger partial charge in [0.15, 0.2) is 0 Å². The smallest absolute Gasteiger partial charge is 0.303 e. The van der Waals surface area contributed by atoms with E-state index in [1.54, 1.807) is 0 Å². The minimum absolute atomic E-state index is 0.203. The molecule has 0 bridgehead atoms. The van der Waals surface area contributed by atoms with Crippen LogP contribution in [0.2, 0.25) is 0 Å². The van der Waals surface area contributed by atoms with Crippen LogP contribution >= 0.6 is 0 Å². The van der Waals surface area contributed by atoms with Gasteiger partial charge in [-0.05, 0) is 25.7 Å². The SMILES string of the molecule is CCCCCC(/C=C\C=C\CCCCCCCC(=O)O)OO. The average molecular weight is 312 g/mol. The average Bonchev–Trinajstić information content (AvgIpc) is 2.50. The highest BCUT2D eigenvalue weighted by Crippen LogP contribution is 2.09. The Bertz CT molecular complexity index is 310. The summed E-state index contributed by atoms with van der Waals surface area (Å²) in [5.41, 5.74) is 0. The number of hydrogen-bond acceptors (Lipinski definition) is 3. The molecule has 0 aliphatic heterocycles. The van der Waals surface area contributed by atoms with E-state index in [1.165, 1.54) is 0 Å². The summed E-state index contributed by atoms with van der Waals surface area (Å²) in [6.07, 6.45) is 18.5. The molecule has 0 heterocycles. The highest BCUT2D eigenvalue weighted by Gasteiger charge is 2.02. The van der Waals surface area contributed by atoms with Crippen LogP contribution in [-0.2, 0) is 9.68 Å². The van der Waals surface area contributed by atoms with Crippen LogP contribution in [0.3, 0.4) is 0 Å². The quantitative estimate of drug-likeness (QED) is 0.185. The van der Waals surface area contributed by atoms with Gasteiger partial charge in [0.1, 0.15) is 6.10 Å². The summed E-state index contributed by atoms with van der Waals surface area (Å²) in [5.74, 6) is -0.699. The second-order valence-electron chi connectivity index (χ2n) is 5.65. The fourth-order valence-electron chi connectivity index (χ4n) is 2.21. The standard InChI is InChI=1S/C18H32O4/c1-2-3-11-14-17(22-21)15-12-9-7-5-4-6-8-10-13-16-18(19)20/h7,9,12,15,17,21H,2-6,8,10-11,13-14,16H2,1H3,(H,19,20)/b9-7+,15-12-. The monoisotopic (exact) mass is 312 g/mol. The molecule has 1 unspecified atom stereocenters. The first-order chi connectivity index (χ1) is 10.7. The zero-order valence-corrected chi connectivity index (χ0v) is 13.9. The van der Waals surface area contributed by atoms with Gasteiger partial charge in [0.05, 0.1) is 0 Å². The van der Waals surface area contributed by atoms with Crippen molar-refractivity contribution in [2.24, 2.45) is 0 Å². The number of unbranched alkanes of at least 4 members (excludes halogenated alkanes) is 7. The molecule has 0 fully saturated rings. The Morgan fingerprint density at radius 2 is 1.77 bits per heavy atom. The molecule has 0 radical (unpaired) electrons. The largest absolute Gasteiger partial charge is 0.481 e. The van der Waals surface area contributed by atoms with Crippen LogP contribution in [0.25, 0.3) is 0 Å². The van der Waals surface area contributed by atoms with E-state index < -0.39 is 5.97 Å². The number of aliphatic carboxylic acids is 1. The Morgan fingerprint density at radius 1 is 1.05 bits per heavy atom. The summed E-state index contributed by atoms with van der Waals surface area (Å²) in [4.78, 5) is 14.8. The van der Waals surface area contributed by atoms with Crippen molar-refractivity contribution in [1.29, 1.82) is 0 Å². The Balaban J connectivity index is 3.51. The van der Waals surface area contributed by atoms with Crippen LogP contribution in [0.15, 0.2) is 24.3 Å². The predicted octanol–water partition coefficient (Wildman–Crippen LogP) is 5.35. The molecule has 0 spiro atoms. The normalized spacial score (nSPS) is 13.2. The van der Waals surface area contributed by atoms with Crippen molar-refractivity contribution in [3.8, 4) is 0 Å². The summed E-state index contributed by atoms with van der Waals surface area (Å²) in [6, 6.07) is 0. The topological polar surface area (TPSA) is 66.8 Å². The maximum atomic E-state index is 10.3. The summed E-state index contributed by atoms with van der Waals surface area (Å²) < 4.78 is 0. The first-order valence-corrected chi connectivity index (χ1v) is 8.56. The number of rotatable bonds is 15. The lowest BCUT2D eigenvalue weighted by Crippen LogP contribution is -2.06. The van der Waals surface area contributed by atoms with Gasteiger partial charge >= 0.3 is 5.97 Å². The first kappa shape index (κ1) is 20.9. The van der Waals surface area contributed by atoms with Gasteiger partial charge in [0.25, 0.3) is 0 Å². The van der Waals surface area contributed by atoms with Crippen LogP contribution in [0.4, 0.5) is 0 Å². The fraction of sp³-hybridized carbons (Fsp3) is 0.722.